The monoisotopic (exact) mass is 189 g/mol. The van der Waals surface area contributed by atoms with Crippen LogP contribution in [0.3, 0.4) is 0 Å². The van der Waals surface area contributed by atoms with Crippen molar-refractivity contribution in [3.05, 3.63) is 11.8 Å². The Hall–Kier alpha value is -0.570. The highest BCUT2D eigenvalue weighted by atomic mass is 35.5. The van der Waals surface area contributed by atoms with Gasteiger partial charge in [-0.15, -0.1) is 0 Å². The highest BCUT2D eigenvalue weighted by Gasteiger charge is 2.26. The minimum atomic E-state index is -1.22. The van der Waals surface area contributed by atoms with Crippen molar-refractivity contribution in [1.82, 2.24) is 0 Å². The second-order valence-corrected chi connectivity index (χ2v) is 3.43. The number of alkyl halides is 2. The van der Waals surface area contributed by atoms with E-state index < -0.39 is 11.7 Å². The van der Waals surface area contributed by atoms with E-state index in [0.717, 1.165) is 12.8 Å². The Morgan fingerprint density at radius 1 is 1.58 bits per heavy atom. The number of hydrogen-bond donors (Lipinski definition) is 0. The Labute approximate surface area is 75.1 Å². The summed E-state index contributed by atoms with van der Waals surface area (Å²) < 4.78 is 18.2. The number of hydrogen-bond acceptors (Lipinski definition) is 2. The normalized spacial score (nSPS) is 34.7. The van der Waals surface area contributed by atoms with Crippen LogP contribution in [0.2, 0.25) is 0 Å². The van der Waals surface area contributed by atoms with Crippen molar-refractivity contribution in [1.29, 1.82) is 0 Å². The summed E-state index contributed by atoms with van der Waals surface area (Å²) in [6.45, 7) is 0. The lowest BCUT2D eigenvalue weighted by atomic mass is 10.3. The second-order valence-electron chi connectivity index (χ2n) is 2.98. The summed E-state index contributed by atoms with van der Waals surface area (Å²) in [5.74, 6) is 0.516. The van der Waals surface area contributed by atoms with E-state index in [2.05, 4.69) is 4.99 Å². The van der Waals surface area contributed by atoms with Crippen LogP contribution in [0.4, 0.5) is 4.39 Å². The average Bonchev–Trinajstić information content (AvgIpc) is 2.81. The van der Waals surface area contributed by atoms with E-state index in [9.17, 15) is 4.39 Å². The summed E-state index contributed by atoms with van der Waals surface area (Å²) in [5, 5.41) is 0. The highest BCUT2D eigenvalue weighted by Crippen LogP contribution is 2.27. The molecule has 12 heavy (non-hydrogen) atoms. The van der Waals surface area contributed by atoms with Crippen LogP contribution in [0.25, 0.3) is 0 Å². The Balaban J connectivity index is 1.97. The Morgan fingerprint density at radius 3 is 2.92 bits per heavy atom. The van der Waals surface area contributed by atoms with Gasteiger partial charge in [-0.05, 0) is 18.9 Å². The number of dihydropyridines is 1. The summed E-state index contributed by atoms with van der Waals surface area (Å²) in [5.41, 5.74) is -0.781. The van der Waals surface area contributed by atoms with Crippen LogP contribution in [0.5, 0.6) is 0 Å². The lowest BCUT2D eigenvalue weighted by Crippen LogP contribution is -2.17. The van der Waals surface area contributed by atoms with Crippen LogP contribution in [0.15, 0.2) is 16.8 Å². The van der Waals surface area contributed by atoms with Gasteiger partial charge in [0.05, 0.1) is 12.3 Å². The third kappa shape index (κ3) is 1.78. The third-order valence-electron chi connectivity index (χ3n) is 1.76. The number of halogens is 2. The minimum absolute atomic E-state index is 0.279. The summed E-state index contributed by atoms with van der Waals surface area (Å²) in [7, 11) is 0. The van der Waals surface area contributed by atoms with Gasteiger partial charge in [0.1, 0.15) is 5.76 Å². The van der Waals surface area contributed by atoms with Gasteiger partial charge in [0.2, 0.25) is 0 Å². The van der Waals surface area contributed by atoms with Gasteiger partial charge in [0.25, 0.3) is 0 Å². The fraction of sp³-hybridized carbons (Fsp3) is 0.625. The smallest absolute Gasteiger partial charge is 0.158 e. The van der Waals surface area contributed by atoms with Crippen LogP contribution in [-0.2, 0) is 4.74 Å². The topological polar surface area (TPSA) is 21.6 Å². The number of nitrogens with zero attached hydrogens (tertiary/aromatic N) is 1. The Kier molecular flexibility index (Phi) is 2.05. The lowest BCUT2D eigenvalue weighted by Gasteiger charge is -2.14. The standard InChI is InChI=1S/C8H9ClFNO/c9-8-7(10)3-6(4-11-8)12-5-1-2-5/h3-5,7-8H,1-2H2. The molecule has 1 saturated carbocycles. The summed E-state index contributed by atoms with van der Waals surface area (Å²) in [6.07, 6.45) is 4.06. The molecule has 0 saturated heterocycles. The Bertz CT molecular complexity index is 237. The predicted molar refractivity (Wildman–Crippen MR) is 45.2 cm³/mol. The van der Waals surface area contributed by atoms with Crippen molar-refractivity contribution in [3.63, 3.8) is 0 Å². The van der Waals surface area contributed by atoms with Gasteiger partial charge in [0, 0.05) is 0 Å². The maximum absolute atomic E-state index is 12.9. The Morgan fingerprint density at radius 2 is 2.33 bits per heavy atom. The zero-order valence-electron chi connectivity index (χ0n) is 6.41. The number of aliphatic imine (C=N–C) groups is 1. The molecule has 2 unspecified atom stereocenters. The third-order valence-corrected chi connectivity index (χ3v) is 2.11. The molecule has 2 nitrogen and oxygen atoms in total. The van der Waals surface area contributed by atoms with Crippen molar-refractivity contribution >= 4 is 17.8 Å². The summed E-state index contributed by atoms with van der Waals surface area (Å²) in [6, 6.07) is 0. The van der Waals surface area contributed by atoms with Crippen LogP contribution in [0.1, 0.15) is 12.8 Å². The SMILES string of the molecule is FC1C=C(OC2CC2)C=NC1Cl. The molecule has 0 radical (unpaired) electrons. The molecular weight excluding hydrogens is 181 g/mol. The van der Waals surface area contributed by atoms with Gasteiger partial charge in [-0.25, -0.2) is 4.39 Å². The molecule has 1 aliphatic heterocycles. The molecule has 2 aliphatic rings. The first kappa shape index (κ1) is 8.05. The van der Waals surface area contributed by atoms with Crippen molar-refractivity contribution in [2.45, 2.75) is 30.6 Å². The molecule has 0 amide bonds. The van der Waals surface area contributed by atoms with Crippen LogP contribution >= 0.6 is 11.6 Å². The summed E-state index contributed by atoms with van der Waals surface area (Å²) >= 11 is 5.51. The molecule has 4 heteroatoms. The fourth-order valence-corrected chi connectivity index (χ4v) is 1.08. The lowest BCUT2D eigenvalue weighted by molar-refractivity contribution is 0.209. The van der Waals surface area contributed by atoms with E-state index in [1.165, 1.54) is 12.3 Å². The van der Waals surface area contributed by atoms with Gasteiger partial charge in [0.15, 0.2) is 11.7 Å². The van der Waals surface area contributed by atoms with Crippen LogP contribution in [0, 0.1) is 0 Å². The van der Waals surface area contributed by atoms with Crippen LogP contribution < -0.4 is 0 Å². The van der Waals surface area contributed by atoms with E-state index in [1.807, 2.05) is 0 Å². The first-order valence-corrected chi connectivity index (χ1v) is 4.39. The van der Waals surface area contributed by atoms with E-state index in [1.54, 1.807) is 0 Å². The minimum Gasteiger partial charge on any atom is -0.489 e. The van der Waals surface area contributed by atoms with Crippen molar-refractivity contribution in [2.75, 3.05) is 0 Å². The van der Waals surface area contributed by atoms with Crippen molar-refractivity contribution in [2.24, 2.45) is 4.99 Å². The van der Waals surface area contributed by atoms with Crippen molar-refractivity contribution in [3.8, 4) is 0 Å². The maximum atomic E-state index is 12.9. The molecule has 0 aromatic rings. The molecule has 66 valence electrons. The molecule has 2 atom stereocenters. The number of allylic oxidation sites excluding steroid dienone is 1. The largest absolute Gasteiger partial charge is 0.489 e. The first-order valence-electron chi connectivity index (χ1n) is 3.95. The van der Waals surface area contributed by atoms with E-state index in [0.29, 0.717) is 5.76 Å². The molecule has 1 aliphatic carbocycles. The molecule has 2 rings (SSSR count). The molecule has 0 spiro atoms. The van der Waals surface area contributed by atoms with E-state index >= 15 is 0 Å². The molecule has 1 heterocycles. The average molecular weight is 190 g/mol. The predicted octanol–water partition coefficient (Wildman–Crippen LogP) is 2.04. The second kappa shape index (κ2) is 3.05. The van der Waals surface area contributed by atoms with Crippen molar-refractivity contribution < 1.29 is 9.13 Å². The number of rotatable bonds is 2. The molecular formula is C8H9ClFNO. The zero-order chi connectivity index (χ0) is 8.55. The fourth-order valence-electron chi connectivity index (χ4n) is 0.954. The summed E-state index contributed by atoms with van der Waals surface area (Å²) in [4.78, 5) is 3.75. The molecule has 0 bridgehead atoms. The maximum Gasteiger partial charge on any atom is 0.158 e. The van der Waals surface area contributed by atoms with Gasteiger partial charge < -0.3 is 4.74 Å². The highest BCUT2D eigenvalue weighted by molar-refractivity contribution is 6.21. The quantitative estimate of drug-likeness (QED) is 0.481. The zero-order valence-corrected chi connectivity index (χ0v) is 7.17. The van der Waals surface area contributed by atoms with E-state index in [-0.39, 0.29) is 6.10 Å². The van der Waals surface area contributed by atoms with Gasteiger partial charge >= 0.3 is 0 Å². The van der Waals surface area contributed by atoms with E-state index in [4.69, 9.17) is 16.3 Å². The van der Waals surface area contributed by atoms with Gasteiger partial charge in [-0.1, -0.05) is 11.6 Å². The van der Waals surface area contributed by atoms with Gasteiger partial charge in [-0.2, -0.15) is 0 Å². The van der Waals surface area contributed by atoms with Crippen LogP contribution in [-0.4, -0.2) is 24.0 Å². The molecule has 0 N–H and O–H groups in total. The molecule has 0 aromatic heterocycles. The van der Waals surface area contributed by atoms with Gasteiger partial charge in [-0.3, -0.25) is 4.99 Å². The number of ether oxygens (including phenoxy) is 1. The molecule has 0 aromatic carbocycles. The molecule has 1 fully saturated rings. The first-order chi connectivity index (χ1) is 5.75.